The highest BCUT2D eigenvalue weighted by molar-refractivity contribution is 5.26. The van der Waals surface area contributed by atoms with Crippen LogP contribution in [0.2, 0.25) is 0 Å². The van der Waals surface area contributed by atoms with Gasteiger partial charge >= 0.3 is 0 Å². The minimum absolute atomic E-state index is 0.176. The Labute approximate surface area is 44.4 Å². The number of hydrogen-bond donors (Lipinski definition) is 3. The normalized spacial score (nSPS) is 9.50. The minimum Gasteiger partial charge on any atom is -0.502 e. The Balaban J connectivity index is 3.19. The molecule has 0 atom stereocenters. The molecule has 0 aromatic carbocycles. The Morgan fingerprint density at radius 3 is 2.25 bits per heavy atom. The van der Waals surface area contributed by atoms with E-state index < -0.39 is 11.6 Å². The Kier molecular flexibility index (Phi) is 0.768. The van der Waals surface area contributed by atoms with Gasteiger partial charge < -0.3 is 15.4 Å². The molecule has 0 fully saturated rings. The molecule has 0 saturated heterocycles. The molecule has 0 spiro atoms. The second kappa shape index (κ2) is 1.29. The smallest absolute Gasteiger partial charge is 0.290 e. The van der Waals surface area contributed by atoms with Gasteiger partial charge in [0, 0.05) is 0 Å². The first-order valence-corrected chi connectivity index (χ1v) is 1.87. The van der Waals surface area contributed by atoms with Gasteiger partial charge in [-0.25, -0.2) is 0 Å². The highest BCUT2D eigenvalue weighted by Gasteiger charge is 2.03. The van der Waals surface area contributed by atoms with Gasteiger partial charge in [-0.15, -0.1) is 5.10 Å². The van der Waals surface area contributed by atoms with Crippen LogP contribution < -0.4 is 0 Å². The highest BCUT2D eigenvalue weighted by atomic mass is 16.5. The molecular formula is C3H4N2O3. The lowest BCUT2D eigenvalue weighted by atomic mass is 10.6. The fraction of sp³-hybridized carbons (Fsp3) is 0. The van der Waals surface area contributed by atoms with E-state index in [0.717, 1.165) is 6.20 Å². The third-order valence-electron chi connectivity index (χ3n) is 0.708. The average Bonchev–Trinajstić information content (AvgIpc) is 1.98. The zero-order chi connectivity index (χ0) is 6.15. The minimum atomic E-state index is -0.648. The summed E-state index contributed by atoms with van der Waals surface area (Å²) in [5, 5.41) is 28.3. The Hall–Kier alpha value is -1.39. The summed E-state index contributed by atoms with van der Waals surface area (Å²) in [7, 11) is 0. The van der Waals surface area contributed by atoms with Crippen LogP contribution in [0.15, 0.2) is 6.20 Å². The van der Waals surface area contributed by atoms with Crippen molar-refractivity contribution in [1.29, 1.82) is 0 Å². The van der Waals surface area contributed by atoms with Crippen molar-refractivity contribution in [2.45, 2.75) is 0 Å². The fourth-order valence-electron chi connectivity index (χ4n) is 0.324. The van der Waals surface area contributed by atoms with Crippen LogP contribution in [0.25, 0.3) is 0 Å². The molecule has 0 amide bonds. The van der Waals surface area contributed by atoms with Gasteiger partial charge in [-0.2, -0.15) is 0 Å². The predicted molar refractivity (Wildman–Crippen MR) is 22.7 cm³/mol. The highest BCUT2D eigenvalue weighted by Crippen LogP contribution is 2.20. The van der Waals surface area contributed by atoms with Crippen LogP contribution in [0.1, 0.15) is 0 Å². The van der Waals surface area contributed by atoms with Crippen molar-refractivity contribution in [1.82, 2.24) is 9.94 Å². The lowest BCUT2D eigenvalue weighted by Crippen LogP contribution is -1.88. The molecule has 44 valence electrons. The van der Waals surface area contributed by atoms with Gasteiger partial charge in [-0.05, 0) is 0 Å². The number of rotatable bonds is 0. The zero-order valence-corrected chi connectivity index (χ0v) is 3.81. The van der Waals surface area contributed by atoms with Crippen molar-refractivity contribution >= 4 is 0 Å². The summed E-state index contributed by atoms with van der Waals surface area (Å²) in [6, 6.07) is 0. The summed E-state index contributed by atoms with van der Waals surface area (Å²) in [4.78, 5) is 0.176. The van der Waals surface area contributed by atoms with E-state index in [2.05, 4.69) is 5.10 Å². The van der Waals surface area contributed by atoms with Crippen LogP contribution in [0.3, 0.4) is 0 Å². The molecule has 0 unspecified atom stereocenters. The number of aromatic nitrogens is 2. The lowest BCUT2D eigenvalue weighted by molar-refractivity contribution is 0.119. The fourth-order valence-corrected chi connectivity index (χ4v) is 0.324. The molecule has 0 saturated carbocycles. The van der Waals surface area contributed by atoms with Gasteiger partial charge in [0.1, 0.15) is 0 Å². The molecule has 1 aromatic heterocycles. The second-order valence-electron chi connectivity index (χ2n) is 1.24. The first kappa shape index (κ1) is 4.76. The van der Waals surface area contributed by atoms with Crippen molar-refractivity contribution in [3.8, 4) is 11.6 Å². The van der Waals surface area contributed by atoms with Gasteiger partial charge in [0.15, 0.2) is 0 Å². The first-order valence-electron chi connectivity index (χ1n) is 1.87. The molecule has 0 bridgehead atoms. The number of hydrogen-bond acceptors (Lipinski definition) is 4. The Morgan fingerprint density at radius 2 is 2.12 bits per heavy atom. The molecule has 1 aromatic rings. The van der Waals surface area contributed by atoms with Crippen LogP contribution in [-0.4, -0.2) is 25.4 Å². The monoisotopic (exact) mass is 116 g/mol. The predicted octanol–water partition coefficient (Wildman–Crippen LogP) is -0.468. The van der Waals surface area contributed by atoms with Crippen molar-refractivity contribution in [3.05, 3.63) is 6.20 Å². The number of nitrogens with zero attached hydrogens (tertiary/aromatic N) is 2. The van der Waals surface area contributed by atoms with Crippen LogP contribution in [0.5, 0.6) is 11.6 Å². The van der Waals surface area contributed by atoms with Gasteiger partial charge in [-0.1, -0.05) is 4.85 Å². The molecule has 5 nitrogen and oxygen atoms in total. The topological polar surface area (TPSA) is 78.5 Å². The van der Waals surface area contributed by atoms with E-state index in [1.807, 2.05) is 0 Å². The standard InChI is InChI=1S/C3H4N2O3/c6-2-1-4-5(8)3(2)7/h1,6-8H. The van der Waals surface area contributed by atoms with Gasteiger partial charge in [0.25, 0.3) is 5.88 Å². The van der Waals surface area contributed by atoms with Crippen molar-refractivity contribution in [2.24, 2.45) is 0 Å². The van der Waals surface area contributed by atoms with Crippen LogP contribution >= 0.6 is 0 Å². The molecule has 0 radical (unpaired) electrons. The van der Waals surface area contributed by atoms with Gasteiger partial charge in [-0.3, -0.25) is 0 Å². The SMILES string of the molecule is Oc1cnn(O)c1O. The molecule has 1 heterocycles. The van der Waals surface area contributed by atoms with E-state index in [4.69, 9.17) is 15.4 Å². The maximum absolute atomic E-state index is 8.45. The molecule has 0 aliphatic rings. The third-order valence-corrected chi connectivity index (χ3v) is 0.708. The summed E-state index contributed by atoms with van der Waals surface area (Å²) in [5.41, 5.74) is 0. The Morgan fingerprint density at radius 1 is 1.50 bits per heavy atom. The summed E-state index contributed by atoms with van der Waals surface area (Å²) in [5.74, 6) is -1.09. The summed E-state index contributed by atoms with van der Waals surface area (Å²) < 4.78 is 0. The summed E-state index contributed by atoms with van der Waals surface area (Å²) >= 11 is 0. The van der Waals surface area contributed by atoms with Crippen LogP contribution in [0.4, 0.5) is 0 Å². The van der Waals surface area contributed by atoms with E-state index in [1.54, 1.807) is 0 Å². The quantitative estimate of drug-likeness (QED) is 0.400. The van der Waals surface area contributed by atoms with Crippen LogP contribution in [-0.2, 0) is 0 Å². The van der Waals surface area contributed by atoms with Crippen molar-refractivity contribution in [3.63, 3.8) is 0 Å². The van der Waals surface area contributed by atoms with Gasteiger partial charge in [0.2, 0.25) is 5.75 Å². The zero-order valence-electron chi connectivity index (χ0n) is 3.81. The summed E-state index contributed by atoms with van der Waals surface area (Å²) in [6.07, 6.45) is 0.926. The molecule has 0 aliphatic heterocycles. The number of aromatic hydroxyl groups is 2. The molecule has 5 heteroatoms. The van der Waals surface area contributed by atoms with Crippen LogP contribution in [0, 0.1) is 0 Å². The average molecular weight is 116 g/mol. The third kappa shape index (κ3) is 0.446. The molecule has 8 heavy (non-hydrogen) atoms. The largest absolute Gasteiger partial charge is 0.502 e. The maximum atomic E-state index is 8.45. The Bertz CT molecular complexity index is 175. The first-order chi connectivity index (χ1) is 3.72. The van der Waals surface area contributed by atoms with E-state index in [0.29, 0.717) is 0 Å². The molecule has 0 aliphatic carbocycles. The molecule has 1 rings (SSSR count). The molecule has 3 N–H and O–H groups in total. The van der Waals surface area contributed by atoms with E-state index in [9.17, 15) is 0 Å². The van der Waals surface area contributed by atoms with Gasteiger partial charge in [0.05, 0.1) is 6.20 Å². The van der Waals surface area contributed by atoms with Crippen molar-refractivity contribution < 1.29 is 15.4 Å². The second-order valence-corrected chi connectivity index (χ2v) is 1.24. The lowest BCUT2D eigenvalue weighted by Gasteiger charge is -1.86. The van der Waals surface area contributed by atoms with E-state index in [1.165, 1.54) is 0 Å². The summed E-state index contributed by atoms with van der Waals surface area (Å²) in [6.45, 7) is 0. The molecular weight excluding hydrogens is 112 g/mol. The van der Waals surface area contributed by atoms with E-state index in [-0.39, 0.29) is 4.85 Å². The maximum Gasteiger partial charge on any atom is 0.290 e. The van der Waals surface area contributed by atoms with E-state index >= 15 is 0 Å². The van der Waals surface area contributed by atoms with Crippen molar-refractivity contribution in [2.75, 3.05) is 0 Å².